The highest BCUT2D eigenvalue weighted by Crippen LogP contribution is 2.30. The summed E-state index contributed by atoms with van der Waals surface area (Å²) in [6.45, 7) is 1.87. The molecule has 0 radical (unpaired) electrons. The van der Waals surface area contributed by atoms with E-state index in [1.165, 1.54) is 82.1 Å². The molecule has 0 aliphatic carbocycles. The number of H-pyrrole nitrogens is 2. The molecule has 19 heteroatoms. The minimum absolute atomic E-state index is 0.169. The van der Waals surface area contributed by atoms with E-state index < -0.39 is 43.6 Å². The van der Waals surface area contributed by atoms with Crippen LogP contribution < -0.4 is 9.44 Å². The molecular formula is C45H39F3N8O6S2. The van der Waals surface area contributed by atoms with Gasteiger partial charge in [-0.3, -0.25) is 19.0 Å². The van der Waals surface area contributed by atoms with E-state index >= 15 is 8.78 Å². The molecule has 0 spiro atoms. The molecule has 14 nitrogen and oxygen atoms in total. The molecule has 8 rings (SSSR count). The van der Waals surface area contributed by atoms with E-state index in [1.807, 2.05) is 36.4 Å². The summed E-state index contributed by atoms with van der Waals surface area (Å²) < 4.78 is 98.4. The Hall–Kier alpha value is -7.19. The molecule has 0 aliphatic rings. The smallest absolute Gasteiger partial charge is 0.301 e. The van der Waals surface area contributed by atoms with Crippen molar-refractivity contribution in [3.8, 4) is 22.3 Å². The Balaban J connectivity index is 0.000000191. The lowest BCUT2D eigenvalue weighted by Gasteiger charge is -2.17. The van der Waals surface area contributed by atoms with Gasteiger partial charge in [-0.2, -0.15) is 25.4 Å². The lowest BCUT2D eigenvalue weighted by atomic mass is 10.0. The van der Waals surface area contributed by atoms with Gasteiger partial charge in [0.05, 0.1) is 22.5 Å². The number of benzene rings is 4. The molecule has 0 unspecified atom stereocenters. The predicted octanol–water partition coefficient (Wildman–Crippen LogP) is 8.17. The Morgan fingerprint density at radius 1 is 0.578 bits per heavy atom. The SMILES string of the molecule is CCN(C)S(=O)(=O)Nc1cccc(C(=O)c2c[nH]c3ncc(-c4ccccc4)cc23)c1F.CN(C)S(=O)(=O)Nc1cccc(C(=O)c2c[nH]c3ncc(-c4ccc(F)cc4)cc23)c1F. The van der Waals surface area contributed by atoms with Crippen LogP contribution in [0.15, 0.2) is 128 Å². The number of carbonyl (C=O) groups is 2. The monoisotopic (exact) mass is 908 g/mol. The quantitative estimate of drug-likeness (QED) is 0.0834. The van der Waals surface area contributed by atoms with Crippen molar-refractivity contribution in [2.75, 3.05) is 37.1 Å². The first kappa shape index (κ1) is 44.9. The number of ketones is 2. The van der Waals surface area contributed by atoms with Gasteiger partial charge in [-0.15, -0.1) is 0 Å². The maximum Gasteiger partial charge on any atom is 0.301 e. The maximum atomic E-state index is 15.2. The van der Waals surface area contributed by atoms with Gasteiger partial charge in [-0.25, -0.2) is 23.1 Å². The molecule has 0 saturated heterocycles. The van der Waals surface area contributed by atoms with Crippen LogP contribution in [-0.4, -0.2) is 84.6 Å². The van der Waals surface area contributed by atoms with Crippen molar-refractivity contribution in [2.45, 2.75) is 6.92 Å². The van der Waals surface area contributed by atoms with E-state index in [9.17, 15) is 30.8 Å². The Morgan fingerprint density at radius 2 is 1.03 bits per heavy atom. The Morgan fingerprint density at radius 3 is 1.48 bits per heavy atom. The second kappa shape index (κ2) is 18.3. The number of nitrogens with zero attached hydrogens (tertiary/aromatic N) is 4. The van der Waals surface area contributed by atoms with Gasteiger partial charge in [0.2, 0.25) is 0 Å². The zero-order valence-corrected chi connectivity index (χ0v) is 36.2. The lowest BCUT2D eigenvalue weighted by molar-refractivity contribution is 0.102. The van der Waals surface area contributed by atoms with E-state index in [0.717, 1.165) is 19.7 Å². The Kier molecular flexibility index (Phi) is 12.8. The standard InChI is InChI=1S/C23H21FN4O3S.C22H18F2N4O3S/c1-3-28(2)32(30,31)27-20-11-7-10-17(21(20)24)22(29)19-14-26-23-18(19)12-16(13-25-23)15-8-5-4-6-9-15;1-28(2)32(30,31)27-19-5-3-4-16(20(19)24)21(29)18-12-26-22-17(18)10-14(11-25-22)13-6-8-15(23)9-7-13/h4-14,27H,3H2,1-2H3,(H,25,26);3-12,27H,1-2H3,(H,25,26). The number of aromatic nitrogens is 4. The van der Waals surface area contributed by atoms with Gasteiger partial charge in [0.1, 0.15) is 17.1 Å². The number of fused-ring (bicyclic) bond motifs is 2. The minimum Gasteiger partial charge on any atom is -0.345 e. The first-order chi connectivity index (χ1) is 30.5. The third kappa shape index (κ3) is 9.27. The van der Waals surface area contributed by atoms with Gasteiger partial charge in [0.15, 0.2) is 23.2 Å². The van der Waals surface area contributed by atoms with Gasteiger partial charge in [0.25, 0.3) is 0 Å². The van der Waals surface area contributed by atoms with E-state index in [2.05, 4.69) is 29.4 Å². The molecule has 0 bridgehead atoms. The maximum absolute atomic E-state index is 15.2. The third-order valence-electron chi connectivity index (χ3n) is 10.1. The average Bonchev–Trinajstić information content (AvgIpc) is 3.92. The topological polar surface area (TPSA) is 190 Å². The molecule has 0 aliphatic heterocycles. The molecule has 328 valence electrons. The summed E-state index contributed by atoms with van der Waals surface area (Å²) in [5.41, 5.74) is 3.27. The summed E-state index contributed by atoms with van der Waals surface area (Å²) in [6.07, 6.45) is 6.18. The normalized spacial score (nSPS) is 11.8. The number of aromatic amines is 2. The molecular weight excluding hydrogens is 870 g/mol. The molecule has 0 amide bonds. The van der Waals surface area contributed by atoms with E-state index in [-0.39, 0.29) is 46.0 Å². The number of halogens is 3. The molecule has 0 saturated carbocycles. The first-order valence-electron chi connectivity index (χ1n) is 19.4. The Labute approximate surface area is 366 Å². The fourth-order valence-corrected chi connectivity index (χ4v) is 8.00. The van der Waals surface area contributed by atoms with Crippen LogP contribution in [-0.2, 0) is 20.4 Å². The van der Waals surface area contributed by atoms with Crippen molar-refractivity contribution < 1.29 is 39.6 Å². The highest BCUT2D eigenvalue weighted by atomic mass is 32.2. The van der Waals surface area contributed by atoms with Crippen LogP contribution in [0.2, 0.25) is 0 Å². The summed E-state index contributed by atoms with van der Waals surface area (Å²) in [7, 11) is -3.92. The van der Waals surface area contributed by atoms with Crippen LogP contribution >= 0.6 is 0 Å². The average molecular weight is 909 g/mol. The highest BCUT2D eigenvalue weighted by molar-refractivity contribution is 7.90. The zero-order chi connectivity index (χ0) is 45.9. The number of pyridine rings is 2. The fourth-order valence-electron chi connectivity index (χ4n) is 6.45. The number of hydrogen-bond donors (Lipinski definition) is 4. The van der Waals surface area contributed by atoms with Gasteiger partial charge < -0.3 is 9.97 Å². The van der Waals surface area contributed by atoms with Crippen molar-refractivity contribution in [1.82, 2.24) is 28.5 Å². The van der Waals surface area contributed by atoms with Gasteiger partial charge >= 0.3 is 20.4 Å². The van der Waals surface area contributed by atoms with Crippen LogP contribution in [0.25, 0.3) is 44.3 Å². The minimum atomic E-state index is -3.95. The zero-order valence-electron chi connectivity index (χ0n) is 34.5. The molecule has 4 heterocycles. The van der Waals surface area contributed by atoms with Crippen LogP contribution in [0.3, 0.4) is 0 Å². The van der Waals surface area contributed by atoms with Crippen LogP contribution in [0, 0.1) is 17.5 Å². The molecule has 0 atom stereocenters. The number of anilines is 2. The summed E-state index contributed by atoms with van der Waals surface area (Å²) in [6, 6.07) is 26.8. The van der Waals surface area contributed by atoms with Crippen molar-refractivity contribution in [3.63, 3.8) is 0 Å². The number of carbonyl (C=O) groups excluding carboxylic acids is 2. The van der Waals surface area contributed by atoms with Crippen molar-refractivity contribution in [3.05, 3.63) is 168 Å². The van der Waals surface area contributed by atoms with Crippen molar-refractivity contribution in [1.29, 1.82) is 0 Å². The largest absolute Gasteiger partial charge is 0.345 e. The first-order valence-corrected chi connectivity index (χ1v) is 22.2. The van der Waals surface area contributed by atoms with Crippen LogP contribution in [0.5, 0.6) is 0 Å². The molecule has 4 aromatic carbocycles. The summed E-state index contributed by atoms with van der Waals surface area (Å²) in [5.74, 6) is -3.52. The summed E-state index contributed by atoms with van der Waals surface area (Å²) in [4.78, 5) is 40.9. The van der Waals surface area contributed by atoms with Crippen LogP contribution in [0.4, 0.5) is 24.5 Å². The van der Waals surface area contributed by atoms with Crippen molar-refractivity contribution >= 4 is 65.4 Å². The molecule has 4 aromatic heterocycles. The second-order valence-corrected chi connectivity index (χ2v) is 18.1. The highest BCUT2D eigenvalue weighted by Gasteiger charge is 2.25. The predicted molar refractivity (Wildman–Crippen MR) is 240 cm³/mol. The van der Waals surface area contributed by atoms with Gasteiger partial charge in [-0.05, 0) is 59.7 Å². The molecule has 64 heavy (non-hydrogen) atoms. The van der Waals surface area contributed by atoms with Gasteiger partial charge in [-0.1, -0.05) is 61.5 Å². The molecule has 0 fully saturated rings. The van der Waals surface area contributed by atoms with E-state index in [0.29, 0.717) is 33.2 Å². The summed E-state index contributed by atoms with van der Waals surface area (Å²) in [5, 5.41) is 1.00. The van der Waals surface area contributed by atoms with Gasteiger partial charge in [0, 0.05) is 85.5 Å². The van der Waals surface area contributed by atoms with E-state index in [1.54, 1.807) is 37.5 Å². The second-order valence-electron chi connectivity index (χ2n) is 14.4. The molecule has 4 N–H and O–H groups in total. The van der Waals surface area contributed by atoms with E-state index in [4.69, 9.17) is 0 Å². The number of rotatable bonds is 13. The number of hydrogen-bond acceptors (Lipinski definition) is 8. The number of nitrogens with one attached hydrogen (secondary N) is 4. The Bertz CT molecular complexity index is 3270. The summed E-state index contributed by atoms with van der Waals surface area (Å²) >= 11 is 0. The fraction of sp³-hybridized carbons (Fsp3) is 0.111. The lowest BCUT2D eigenvalue weighted by Crippen LogP contribution is -2.32. The van der Waals surface area contributed by atoms with Crippen molar-refractivity contribution in [2.24, 2.45) is 0 Å². The third-order valence-corrected chi connectivity index (χ3v) is 13.1. The molecule has 8 aromatic rings. The van der Waals surface area contributed by atoms with Crippen LogP contribution in [0.1, 0.15) is 38.8 Å².